The van der Waals surface area contributed by atoms with E-state index in [2.05, 4.69) is 15.6 Å². The van der Waals surface area contributed by atoms with E-state index < -0.39 is 5.92 Å². The smallest absolute Gasteiger partial charge is 0.230 e. The number of likely N-dealkylation sites (tertiary alicyclic amines) is 1. The Labute approximate surface area is 169 Å². The van der Waals surface area contributed by atoms with Crippen LogP contribution in [0.1, 0.15) is 53.7 Å². The van der Waals surface area contributed by atoms with Gasteiger partial charge in [0.2, 0.25) is 11.8 Å². The first kappa shape index (κ1) is 18.2. The first-order chi connectivity index (χ1) is 14.2. The Morgan fingerprint density at radius 2 is 2.14 bits per heavy atom. The molecule has 1 aromatic heterocycles. The summed E-state index contributed by atoms with van der Waals surface area (Å²) in [6, 6.07) is 7.61. The maximum absolute atomic E-state index is 13.4. The fourth-order valence-electron chi connectivity index (χ4n) is 4.69. The second kappa shape index (κ2) is 7.55. The Kier molecular flexibility index (Phi) is 4.75. The number of anilines is 1. The van der Waals surface area contributed by atoms with Crippen molar-refractivity contribution in [3.8, 4) is 0 Å². The van der Waals surface area contributed by atoms with E-state index in [-0.39, 0.29) is 24.2 Å². The number of hydrogen-bond acceptors (Lipinski definition) is 5. The third kappa shape index (κ3) is 3.51. The van der Waals surface area contributed by atoms with Gasteiger partial charge >= 0.3 is 0 Å². The number of aromatic nitrogens is 2. The van der Waals surface area contributed by atoms with Crippen molar-refractivity contribution >= 4 is 17.5 Å². The minimum Gasteiger partial charge on any atom is -0.341 e. The molecular weight excluding hydrogens is 366 g/mol. The summed E-state index contributed by atoms with van der Waals surface area (Å²) in [6.07, 6.45) is 4.99. The average molecular weight is 391 g/mol. The van der Waals surface area contributed by atoms with Gasteiger partial charge < -0.3 is 15.5 Å². The van der Waals surface area contributed by atoms with Gasteiger partial charge in [0.15, 0.2) is 0 Å². The second-order valence-electron chi connectivity index (χ2n) is 8.14. The van der Waals surface area contributed by atoms with E-state index in [0.29, 0.717) is 6.54 Å². The highest BCUT2D eigenvalue weighted by Crippen LogP contribution is 2.35. The van der Waals surface area contributed by atoms with Gasteiger partial charge in [0.1, 0.15) is 5.82 Å². The summed E-state index contributed by atoms with van der Waals surface area (Å²) in [5, 5.41) is 6.22. The van der Waals surface area contributed by atoms with E-state index in [4.69, 9.17) is 4.98 Å². The normalized spacial score (nSPS) is 23.7. The summed E-state index contributed by atoms with van der Waals surface area (Å²) in [7, 11) is 0. The van der Waals surface area contributed by atoms with Gasteiger partial charge in [-0.3, -0.25) is 9.59 Å². The molecule has 0 spiro atoms. The minimum absolute atomic E-state index is 0.0409. The molecule has 2 atom stereocenters. The molecule has 0 unspecified atom stereocenters. The molecule has 150 valence electrons. The van der Waals surface area contributed by atoms with E-state index in [1.54, 1.807) is 0 Å². The Balaban J connectivity index is 1.36. The van der Waals surface area contributed by atoms with E-state index in [0.717, 1.165) is 61.7 Å². The fourth-order valence-corrected chi connectivity index (χ4v) is 4.69. The van der Waals surface area contributed by atoms with E-state index >= 15 is 0 Å². The molecule has 2 aromatic rings. The molecule has 0 aliphatic carbocycles. The largest absolute Gasteiger partial charge is 0.341 e. The highest BCUT2D eigenvalue weighted by molar-refractivity contribution is 6.01. The van der Waals surface area contributed by atoms with E-state index in [1.807, 2.05) is 35.4 Å². The molecule has 1 fully saturated rings. The van der Waals surface area contributed by atoms with Crippen LogP contribution in [0.4, 0.5) is 5.69 Å². The van der Waals surface area contributed by atoms with Crippen LogP contribution in [0.3, 0.4) is 0 Å². The van der Waals surface area contributed by atoms with Gasteiger partial charge in [0, 0.05) is 68.1 Å². The van der Waals surface area contributed by atoms with Crippen molar-refractivity contribution < 1.29 is 9.59 Å². The van der Waals surface area contributed by atoms with Gasteiger partial charge in [-0.1, -0.05) is 18.2 Å². The predicted octanol–water partition coefficient (Wildman–Crippen LogP) is 1.95. The Bertz CT molecular complexity index is 960. The lowest BCUT2D eigenvalue weighted by atomic mass is 9.88. The Hall–Kier alpha value is -2.80. The zero-order valence-electron chi connectivity index (χ0n) is 16.4. The number of nitrogens with one attached hydrogen (secondary N) is 2. The molecule has 3 aliphatic rings. The van der Waals surface area contributed by atoms with Crippen molar-refractivity contribution in [2.75, 3.05) is 25.0 Å². The van der Waals surface area contributed by atoms with Crippen LogP contribution in [0.15, 0.2) is 30.5 Å². The number of carbonyl (C=O) groups excluding carboxylic acids is 2. The first-order valence-electron chi connectivity index (χ1n) is 10.4. The van der Waals surface area contributed by atoms with Gasteiger partial charge in [-0.25, -0.2) is 9.97 Å². The number of amides is 2. The molecule has 3 aliphatic heterocycles. The SMILES string of the molecule is O=C1C[C@@H](C(=O)N2CCC[C@H](c3ncc4c(n3)CCNC4)C2)c2ccccc2N1. The summed E-state index contributed by atoms with van der Waals surface area (Å²) >= 11 is 0. The van der Waals surface area contributed by atoms with Crippen molar-refractivity contribution in [1.82, 2.24) is 20.2 Å². The molecular formula is C22H25N5O2. The minimum atomic E-state index is -0.408. The van der Waals surface area contributed by atoms with Crippen LogP contribution < -0.4 is 10.6 Å². The van der Waals surface area contributed by atoms with E-state index in [1.165, 1.54) is 5.56 Å². The molecule has 5 rings (SSSR count). The summed E-state index contributed by atoms with van der Waals surface area (Å²) in [6.45, 7) is 3.12. The number of fused-ring (bicyclic) bond motifs is 2. The van der Waals surface area contributed by atoms with Gasteiger partial charge in [-0.15, -0.1) is 0 Å². The van der Waals surface area contributed by atoms with Crippen molar-refractivity contribution in [3.05, 3.63) is 53.1 Å². The van der Waals surface area contributed by atoms with Crippen LogP contribution >= 0.6 is 0 Å². The number of nitrogens with zero attached hydrogens (tertiary/aromatic N) is 3. The molecule has 2 N–H and O–H groups in total. The molecule has 0 bridgehead atoms. The molecule has 1 aromatic carbocycles. The van der Waals surface area contributed by atoms with Gasteiger partial charge in [-0.05, 0) is 24.5 Å². The molecule has 7 heteroatoms. The number of benzene rings is 1. The van der Waals surface area contributed by atoms with Crippen molar-refractivity contribution in [1.29, 1.82) is 0 Å². The van der Waals surface area contributed by atoms with Gasteiger partial charge in [0.25, 0.3) is 0 Å². The van der Waals surface area contributed by atoms with Crippen LogP contribution in [0.5, 0.6) is 0 Å². The lowest BCUT2D eigenvalue weighted by Crippen LogP contribution is -2.43. The summed E-state index contributed by atoms with van der Waals surface area (Å²) in [5.74, 6) is 0.543. The van der Waals surface area contributed by atoms with E-state index in [9.17, 15) is 9.59 Å². The number of carbonyl (C=O) groups is 2. The lowest BCUT2D eigenvalue weighted by molar-refractivity contribution is -0.136. The van der Waals surface area contributed by atoms with Crippen LogP contribution in [-0.4, -0.2) is 46.3 Å². The van der Waals surface area contributed by atoms with Crippen molar-refractivity contribution in [3.63, 3.8) is 0 Å². The van der Waals surface area contributed by atoms with Crippen LogP contribution in [0.25, 0.3) is 0 Å². The zero-order chi connectivity index (χ0) is 19.8. The summed E-state index contributed by atoms with van der Waals surface area (Å²) in [5.41, 5.74) is 3.97. The Morgan fingerprint density at radius 3 is 3.07 bits per heavy atom. The zero-order valence-corrected chi connectivity index (χ0v) is 16.4. The van der Waals surface area contributed by atoms with Gasteiger partial charge in [0.05, 0.1) is 5.92 Å². The highest BCUT2D eigenvalue weighted by atomic mass is 16.2. The number of para-hydroxylation sites is 1. The average Bonchev–Trinajstić information content (AvgIpc) is 2.77. The molecule has 1 saturated heterocycles. The summed E-state index contributed by atoms with van der Waals surface area (Å²) < 4.78 is 0. The quantitative estimate of drug-likeness (QED) is 0.817. The maximum atomic E-state index is 13.4. The van der Waals surface area contributed by atoms with Crippen LogP contribution in [-0.2, 0) is 22.6 Å². The third-order valence-corrected chi connectivity index (χ3v) is 6.22. The number of rotatable bonds is 2. The van der Waals surface area contributed by atoms with Crippen LogP contribution in [0, 0.1) is 0 Å². The number of piperidine rings is 1. The predicted molar refractivity (Wildman–Crippen MR) is 108 cm³/mol. The third-order valence-electron chi connectivity index (χ3n) is 6.22. The molecule has 29 heavy (non-hydrogen) atoms. The van der Waals surface area contributed by atoms with Crippen LogP contribution in [0.2, 0.25) is 0 Å². The van der Waals surface area contributed by atoms with Crippen molar-refractivity contribution in [2.24, 2.45) is 0 Å². The Morgan fingerprint density at radius 1 is 1.24 bits per heavy atom. The molecule has 2 amide bonds. The topological polar surface area (TPSA) is 87.2 Å². The lowest BCUT2D eigenvalue weighted by Gasteiger charge is -2.36. The monoisotopic (exact) mass is 391 g/mol. The molecule has 0 saturated carbocycles. The first-order valence-corrected chi connectivity index (χ1v) is 10.4. The number of hydrogen-bond donors (Lipinski definition) is 2. The van der Waals surface area contributed by atoms with Gasteiger partial charge in [-0.2, -0.15) is 0 Å². The standard InChI is InChI=1S/C22H25N5O2/c28-20-10-17(16-5-1-2-6-19(16)25-20)22(29)27-9-3-4-14(13-27)21-24-12-15-11-23-8-7-18(15)26-21/h1-2,5-6,12,14,17,23H,3-4,7-11,13H2,(H,25,28)/t14-,17+/m0/s1. The van der Waals surface area contributed by atoms with Crippen molar-refractivity contribution in [2.45, 2.75) is 44.1 Å². The molecule has 4 heterocycles. The highest BCUT2D eigenvalue weighted by Gasteiger charge is 2.36. The molecule has 7 nitrogen and oxygen atoms in total. The summed E-state index contributed by atoms with van der Waals surface area (Å²) in [4.78, 5) is 36.9. The maximum Gasteiger partial charge on any atom is 0.230 e. The second-order valence-corrected chi connectivity index (χ2v) is 8.14. The molecule has 0 radical (unpaired) electrons. The fraction of sp³-hybridized carbons (Fsp3) is 0.455.